The Bertz CT molecular complexity index is 660. The highest BCUT2D eigenvalue weighted by molar-refractivity contribution is 6.33. The quantitative estimate of drug-likeness (QED) is 0.650. The maximum Gasteiger partial charge on any atom is 0.275 e. The molecule has 0 atom stereocenters. The molecule has 1 N–H and O–H groups in total. The van der Waals surface area contributed by atoms with Crippen LogP contribution in [0.2, 0.25) is 10.0 Å². The minimum absolute atomic E-state index is 0.00576. The molecule has 2 aromatic rings. The van der Waals surface area contributed by atoms with Crippen LogP contribution >= 0.6 is 23.2 Å². The molecule has 0 amide bonds. The first-order chi connectivity index (χ1) is 9.47. The van der Waals surface area contributed by atoms with Gasteiger partial charge in [0.25, 0.3) is 5.69 Å². The summed E-state index contributed by atoms with van der Waals surface area (Å²) in [4.78, 5) is 10.6. The van der Waals surface area contributed by atoms with Gasteiger partial charge in [-0.3, -0.25) is 10.1 Å². The van der Waals surface area contributed by atoms with Gasteiger partial charge in [0.05, 0.1) is 15.6 Å². The molecule has 2 aromatic carbocycles. The van der Waals surface area contributed by atoms with Gasteiger partial charge in [-0.1, -0.05) is 29.3 Å². The van der Waals surface area contributed by atoms with Crippen LogP contribution in [-0.4, -0.2) is 4.92 Å². The minimum atomic E-state index is -0.444. The van der Waals surface area contributed by atoms with Gasteiger partial charge in [0.15, 0.2) is 0 Å². The van der Waals surface area contributed by atoms with E-state index < -0.39 is 4.92 Å². The Labute approximate surface area is 126 Å². The average Bonchev–Trinajstić information content (AvgIpc) is 2.40. The smallest absolute Gasteiger partial charge is 0.275 e. The maximum atomic E-state index is 11.0. The van der Waals surface area contributed by atoms with E-state index in [4.69, 9.17) is 23.2 Å². The first kappa shape index (κ1) is 14.6. The first-order valence-corrected chi connectivity index (χ1v) is 6.66. The van der Waals surface area contributed by atoms with Crippen molar-refractivity contribution in [2.45, 2.75) is 13.5 Å². The Morgan fingerprint density at radius 1 is 1.20 bits per heavy atom. The second kappa shape index (κ2) is 6.11. The van der Waals surface area contributed by atoms with Crippen LogP contribution < -0.4 is 5.32 Å². The van der Waals surface area contributed by atoms with E-state index in [1.807, 2.05) is 19.1 Å². The highest BCUT2D eigenvalue weighted by Gasteiger charge is 2.14. The molecule has 0 saturated heterocycles. The standard InChI is InChI=1S/C14H12Cl2N2O2/c1-9-2-5-12(16)13(6-9)17-8-10-3-4-11(15)7-14(10)18(19)20/h2-7,17H,8H2,1H3. The lowest BCUT2D eigenvalue weighted by atomic mass is 10.1. The van der Waals surface area contributed by atoms with Crippen molar-refractivity contribution in [1.29, 1.82) is 0 Å². The molecule has 104 valence electrons. The van der Waals surface area contributed by atoms with Gasteiger partial charge in [0.1, 0.15) is 0 Å². The molecule has 0 bridgehead atoms. The summed E-state index contributed by atoms with van der Waals surface area (Å²) in [7, 11) is 0. The first-order valence-electron chi connectivity index (χ1n) is 5.90. The molecular formula is C14H12Cl2N2O2. The summed E-state index contributed by atoms with van der Waals surface area (Å²) in [6.45, 7) is 2.25. The lowest BCUT2D eigenvalue weighted by Crippen LogP contribution is -2.03. The van der Waals surface area contributed by atoms with Crippen LogP contribution in [0.3, 0.4) is 0 Å². The number of aryl methyl sites for hydroxylation is 1. The van der Waals surface area contributed by atoms with E-state index in [-0.39, 0.29) is 5.69 Å². The predicted molar refractivity (Wildman–Crippen MR) is 81.6 cm³/mol. The van der Waals surface area contributed by atoms with Crippen LogP contribution in [0.4, 0.5) is 11.4 Å². The third-order valence-corrected chi connectivity index (χ3v) is 3.40. The SMILES string of the molecule is Cc1ccc(Cl)c(NCc2ccc(Cl)cc2[N+](=O)[O-])c1. The Hall–Kier alpha value is -1.78. The summed E-state index contributed by atoms with van der Waals surface area (Å²) in [5, 5.41) is 15.0. The molecule has 0 unspecified atom stereocenters. The number of halogens is 2. The maximum absolute atomic E-state index is 11.0. The molecule has 0 radical (unpaired) electrons. The zero-order valence-corrected chi connectivity index (χ0v) is 12.2. The minimum Gasteiger partial charge on any atom is -0.379 e. The number of hydrogen-bond donors (Lipinski definition) is 1. The summed E-state index contributed by atoms with van der Waals surface area (Å²) in [5.41, 5.74) is 2.35. The normalized spacial score (nSPS) is 10.3. The molecule has 0 heterocycles. The molecular weight excluding hydrogens is 299 g/mol. The fourth-order valence-corrected chi connectivity index (χ4v) is 2.17. The highest BCUT2D eigenvalue weighted by atomic mass is 35.5. The molecule has 0 spiro atoms. The monoisotopic (exact) mass is 310 g/mol. The summed E-state index contributed by atoms with van der Waals surface area (Å²) in [6.07, 6.45) is 0. The molecule has 4 nitrogen and oxygen atoms in total. The van der Waals surface area contributed by atoms with Gasteiger partial charge in [-0.05, 0) is 36.8 Å². The fourth-order valence-electron chi connectivity index (χ4n) is 1.82. The van der Waals surface area contributed by atoms with Crippen molar-refractivity contribution in [1.82, 2.24) is 0 Å². The largest absolute Gasteiger partial charge is 0.379 e. The van der Waals surface area contributed by atoms with Crippen molar-refractivity contribution in [2.75, 3.05) is 5.32 Å². The van der Waals surface area contributed by atoms with Crippen LogP contribution in [0.25, 0.3) is 0 Å². The highest BCUT2D eigenvalue weighted by Crippen LogP contribution is 2.27. The number of anilines is 1. The molecule has 2 rings (SSSR count). The molecule has 0 aliphatic heterocycles. The molecule has 0 aliphatic carbocycles. The summed E-state index contributed by atoms with van der Waals surface area (Å²) < 4.78 is 0. The fraction of sp³-hybridized carbons (Fsp3) is 0.143. The number of hydrogen-bond acceptors (Lipinski definition) is 3. The zero-order chi connectivity index (χ0) is 14.7. The lowest BCUT2D eigenvalue weighted by Gasteiger charge is -2.10. The van der Waals surface area contributed by atoms with Crippen molar-refractivity contribution in [3.63, 3.8) is 0 Å². The van der Waals surface area contributed by atoms with Crippen molar-refractivity contribution < 1.29 is 4.92 Å². The second-order valence-electron chi connectivity index (χ2n) is 4.37. The van der Waals surface area contributed by atoms with Gasteiger partial charge in [0.2, 0.25) is 0 Å². The van der Waals surface area contributed by atoms with Crippen LogP contribution in [0.5, 0.6) is 0 Å². The van der Waals surface area contributed by atoms with Gasteiger partial charge < -0.3 is 5.32 Å². The number of nitrogens with zero attached hydrogens (tertiary/aromatic N) is 1. The number of nitro groups is 1. The second-order valence-corrected chi connectivity index (χ2v) is 5.21. The van der Waals surface area contributed by atoms with Crippen molar-refractivity contribution in [3.8, 4) is 0 Å². The number of rotatable bonds is 4. The summed E-state index contributed by atoms with van der Waals surface area (Å²) in [5.74, 6) is 0. The third-order valence-electron chi connectivity index (χ3n) is 2.84. The molecule has 0 saturated carbocycles. The third kappa shape index (κ3) is 3.40. The molecule has 0 aromatic heterocycles. The number of nitrogens with one attached hydrogen (secondary N) is 1. The van der Waals surface area contributed by atoms with E-state index in [1.165, 1.54) is 6.07 Å². The van der Waals surface area contributed by atoms with Crippen LogP contribution in [-0.2, 0) is 6.54 Å². The van der Waals surface area contributed by atoms with Gasteiger partial charge in [-0.2, -0.15) is 0 Å². The van der Waals surface area contributed by atoms with E-state index in [2.05, 4.69) is 5.32 Å². The van der Waals surface area contributed by atoms with Gasteiger partial charge in [0, 0.05) is 23.2 Å². The van der Waals surface area contributed by atoms with Gasteiger partial charge in [-0.15, -0.1) is 0 Å². The predicted octanol–water partition coefficient (Wildman–Crippen LogP) is 4.82. The number of nitro benzene ring substituents is 1. The molecule has 6 heteroatoms. The van der Waals surface area contributed by atoms with Gasteiger partial charge >= 0.3 is 0 Å². The van der Waals surface area contributed by atoms with E-state index in [0.717, 1.165) is 11.3 Å². The van der Waals surface area contributed by atoms with E-state index >= 15 is 0 Å². The Morgan fingerprint density at radius 2 is 1.95 bits per heavy atom. The van der Waals surface area contributed by atoms with Crippen molar-refractivity contribution >= 4 is 34.6 Å². The average molecular weight is 311 g/mol. The van der Waals surface area contributed by atoms with Crippen molar-refractivity contribution in [2.24, 2.45) is 0 Å². The molecule has 0 aliphatic rings. The van der Waals surface area contributed by atoms with Crippen molar-refractivity contribution in [3.05, 3.63) is 67.7 Å². The van der Waals surface area contributed by atoms with Crippen LogP contribution in [0, 0.1) is 17.0 Å². The topological polar surface area (TPSA) is 55.2 Å². The Balaban J connectivity index is 2.23. The van der Waals surface area contributed by atoms with E-state index in [1.54, 1.807) is 18.2 Å². The summed E-state index contributed by atoms with van der Waals surface area (Å²) in [6, 6.07) is 10.2. The van der Waals surface area contributed by atoms with Crippen LogP contribution in [0.15, 0.2) is 36.4 Å². The van der Waals surface area contributed by atoms with Gasteiger partial charge in [-0.25, -0.2) is 0 Å². The zero-order valence-electron chi connectivity index (χ0n) is 10.7. The molecule has 20 heavy (non-hydrogen) atoms. The lowest BCUT2D eigenvalue weighted by molar-refractivity contribution is -0.385. The van der Waals surface area contributed by atoms with E-state index in [9.17, 15) is 10.1 Å². The summed E-state index contributed by atoms with van der Waals surface area (Å²) >= 11 is 11.9. The molecule has 0 fully saturated rings. The Kier molecular flexibility index (Phi) is 4.47. The van der Waals surface area contributed by atoms with E-state index in [0.29, 0.717) is 22.2 Å². The Morgan fingerprint density at radius 3 is 2.65 bits per heavy atom. The van der Waals surface area contributed by atoms with Crippen LogP contribution in [0.1, 0.15) is 11.1 Å². The number of benzene rings is 2.